The van der Waals surface area contributed by atoms with Crippen molar-refractivity contribution >= 4 is 44.7 Å². The van der Waals surface area contributed by atoms with E-state index >= 15 is 13.2 Å². The summed E-state index contributed by atoms with van der Waals surface area (Å²) in [4.78, 5) is 61.4. The highest BCUT2D eigenvalue weighted by atomic mass is 32.2. The summed E-state index contributed by atoms with van der Waals surface area (Å²) in [6.45, 7) is 4.68. The molecule has 3 aliphatic carbocycles. The third kappa shape index (κ3) is 7.36. The van der Waals surface area contributed by atoms with Gasteiger partial charge in [0.1, 0.15) is 34.6 Å². The molecule has 3 saturated carbocycles. The SMILES string of the molecule is COc1ccc2nc(C(F)(F)F)c3c(c2c1)[C@H](NC1CC1)C[C@]1(C[C@H]2C(=O)N[C@]4(C(=O)N5C6(CC6)S5(=O)=O)C[C@H]4/C=C\CCCCC[C@H](NC(=O)OC(C)(C)C)C(=O)N2C1)O3. The molecule has 61 heavy (non-hydrogen) atoms. The number of hydrogen-bond acceptors (Lipinski definition) is 11. The van der Waals surface area contributed by atoms with Crippen molar-refractivity contribution in [3.05, 3.63) is 41.6 Å². The van der Waals surface area contributed by atoms with Gasteiger partial charge in [0, 0.05) is 41.8 Å². The molecule has 330 valence electrons. The minimum Gasteiger partial charge on any atom is -0.497 e. The Morgan fingerprint density at radius 1 is 1.02 bits per heavy atom. The highest BCUT2D eigenvalue weighted by molar-refractivity contribution is 7.98. The van der Waals surface area contributed by atoms with Gasteiger partial charge in [-0.3, -0.25) is 14.4 Å². The molecule has 3 N–H and O–H groups in total. The Balaban J connectivity index is 1.13. The summed E-state index contributed by atoms with van der Waals surface area (Å²) < 4.78 is 89.8. The Hall–Kier alpha value is -4.65. The molecule has 1 aromatic heterocycles. The molecule has 19 heteroatoms. The van der Waals surface area contributed by atoms with E-state index in [0.717, 1.165) is 17.1 Å². The lowest BCUT2D eigenvalue weighted by molar-refractivity contribution is -0.144. The topological polar surface area (TPSA) is 185 Å². The van der Waals surface area contributed by atoms with E-state index in [1.54, 1.807) is 26.8 Å². The number of hydrogen-bond donors (Lipinski definition) is 3. The van der Waals surface area contributed by atoms with Crippen LogP contribution < -0.4 is 25.4 Å². The van der Waals surface area contributed by atoms with Gasteiger partial charge in [0.05, 0.1) is 19.2 Å². The average Bonchev–Trinajstić information content (AvgIpc) is 4.08. The lowest BCUT2D eigenvalue weighted by Crippen LogP contribution is -2.57. The number of carbonyl (C=O) groups is 4. The Labute approximate surface area is 351 Å². The molecular formula is C42H51F3N6O9S. The lowest BCUT2D eigenvalue weighted by Gasteiger charge is -2.41. The van der Waals surface area contributed by atoms with Gasteiger partial charge < -0.3 is 35.1 Å². The van der Waals surface area contributed by atoms with Crippen molar-refractivity contribution in [2.75, 3.05) is 13.7 Å². The molecule has 2 spiro atoms. The first kappa shape index (κ1) is 41.7. The number of halogens is 3. The number of allylic oxidation sites excluding steroid dienone is 1. The molecule has 5 heterocycles. The van der Waals surface area contributed by atoms with E-state index in [4.69, 9.17) is 14.2 Å². The van der Waals surface area contributed by atoms with E-state index in [1.807, 2.05) is 12.2 Å². The molecule has 5 fully saturated rings. The van der Waals surface area contributed by atoms with E-state index in [1.165, 1.54) is 24.1 Å². The van der Waals surface area contributed by atoms with Gasteiger partial charge in [-0.25, -0.2) is 22.5 Å². The van der Waals surface area contributed by atoms with Gasteiger partial charge in [0.25, 0.3) is 15.9 Å². The van der Waals surface area contributed by atoms with Crippen LogP contribution in [0, 0.1) is 5.92 Å². The molecule has 0 bridgehead atoms. The van der Waals surface area contributed by atoms with E-state index in [0.29, 0.717) is 49.7 Å². The largest absolute Gasteiger partial charge is 0.497 e. The summed E-state index contributed by atoms with van der Waals surface area (Å²) in [6.07, 6.45) is 2.67. The van der Waals surface area contributed by atoms with E-state index in [-0.39, 0.29) is 49.4 Å². The summed E-state index contributed by atoms with van der Waals surface area (Å²) in [5, 5.41) is 9.49. The van der Waals surface area contributed by atoms with Crippen LogP contribution in [0.15, 0.2) is 30.4 Å². The van der Waals surface area contributed by atoms with Gasteiger partial charge in [0.15, 0.2) is 16.3 Å². The molecule has 0 unspecified atom stereocenters. The second-order valence-corrected chi connectivity index (χ2v) is 20.9. The molecule has 15 nitrogen and oxygen atoms in total. The molecule has 6 atom stereocenters. The van der Waals surface area contributed by atoms with E-state index in [2.05, 4.69) is 20.9 Å². The van der Waals surface area contributed by atoms with Crippen molar-refractivity contribution in [1.29, 1.82) is 0 Å². The highest BCUT2D eigenvalue weighted by Gasteiger charge is 2.83. The number of methoxy groups -OCH3 is 1. The standard InChI is InChI=1S/C42H51F3N6O9S/c1-38(2,3)60-37(55)48-28-11-9-7-5-6-8-10-23-19-41(23,36(54)51-40(16-17-40)61(51,56)57)49-34(52)30-21-39(22-50(30)35(28)53)20-29(46-24-12-13-24)31-26-18-25(58-4)14-15-27(26)47-33(32(31)59-39)42(43,44)45/h8,10,14-15,18,23-24,28-30,46H,5-7,9,11-13,16-17,19-22H2,1-4H3,(H,48,55)(H,49,52)/b10-8-/t23-,28+,29-,30+,39-,41-,51?/m1/s1. The first-order valence-electron chi connectivity index (χ1n) is 21.1. The fourth-order valence-corrected chi connectivity index (χ4v) is 11.7. The zero-order valence-electron chi connectivity index (χ0n) is 34.5. The Morgan fingerprint density at radius 2 is 1.77 bits per heavy atom. The Kier molecular flexibility index (Phi) is 9.70. The molecule has 2 saturated heterocycles. The third-order valence-corrected chi connectivity index (χ3v) is 15.5. The first-order chi connectivity index (χ1) is 28.7. The average molecular weight is 873 g/mol. The van der Waals surface area contributed by atoms with Gasteiger partial charge in [0.2, 0.25) is 11.8 Å². The van der Waals surface area contributed by atoms with E-state index < -0.39 is 97.1 Å². The zero-order valence-corrected chi connectivity index (χ0v) is 35.3. The molecule has 0 radical (unpaired) electrons. The second kappa shape index (κ2) is 14.2. The monoisotopic (exact) mass is 872 g/mol. The van der Waals surface area contributed by atoms with Crippen LogP contribution in [0.25, 0.3) is 10.9 Å². The number of benzene rings is 1. The maximum absolute atomic E-state index is 15.1. The van der Waals surface area contributed by atoms with Gasteiger partial charge in [-0.1, -0.05) is 25.0 Å². The molecule has 2 aromatic rings. The smallest absolute Gasteiger partial charge is 0.437 e. The van der Waals surface area contributed by atoms with Gasteiger partial charge >= 0.3 is 12.3 Å². The summed E-state index contributed by atoms with van der Waals surface area (Å²) in [5.74, 6) is -2.85. The number of sulfonamides is 1. The number of aromatic nitrogens is 1. The van der Waals surface area contributed by atoms with Crippen molar-refractivity contribution in [2.45, 2.75) is 150 Å². The molecule has 7 aliphatic rings. The number of amides is 4. The predicted octanol–water partition coefficient (Wildman–Crippen LogP) is 5.13. The predicted molar refractivity (Wildman–Crippen MR) is 212 cm³/mol. The van der Waals surface area contributed by atoms with E-state index in [9.17, 15) is 27.6 Å². The van der Waals surface area contributed by atoms with Crippen LogP contribution in [0.4, 0.5) is 18.0 Å². The van der Waals surface area contributed by atoms with Crippen molar-refractivity contribution < 1.29 is 55.0 Å². The van der Waals surface area contributed by atoms with Gasteiger partial charge in [-0.05, 0) is 90.3 Å². The molecule has 4 amide bonds. The van der Waals surface area contributed by atoms with Crippen LogP contribution in [0.1, 0.15) is 115 Å². The van der Waals surface area contributed by atoms with Crippen molar-refractivity contribution in [1.82, 2.24) is 30.1 Å². The third-order valence-electron chi connectivity index (χ3n) is 13.1. The number of nitrogens with one attached hydrogen (secondary N) is 3. The van der Waals surface area contributed by atoms with Crippen molar-refractivity contribution in [2.24, 2.45) is 5.92 Å². The van der Waals surface area contributed by atoms with Crippen LogP contribution >= 0.6 is 0 Å². The molecule has 1 aromatic carbocycles. The van der Waals surface area contributed by atoms with Gasteiger partial charge in [-0.2, -0.15) is 13.2 Å². The summed E-state index contributed by atoms with van der Waals surface area (Å²) >= 11 is 0. The van der Waals surface area contributed by atoms with Crippen molar-refractivity contribution in [3.8, 4) is 11.5 Å². The maximum atomic E-state index is 15.1. The normalized spacial score (nSPS) is 32.0. The number of fused-ring (bicyclic) bond motifs is 5. The number of carbonyl (C=O) groups excluding carboxylic acids is 4. The lowest BCUT2D eigenvalue weighted by atomic mass is 9.83. The number of ether oxygens (including phenoxy) is 3. The van der Waals surface area contributed by atoms with Crippen LogP contribution in [-0.4, -0.2) is 99.8 Å². The Morgan fingerprint density at radius 3 is 2.43 bits per heavy atom. The zero-order chi connectivity index (χ0) is 43.5. The number of nitrogens with zero attached hydrogens (tertiary/aromatic N) is 3. The quantitative estimate of drug-likeness (QED) is 0.268. The summed E-state index contributed by atoms with van der Waals surface area (Å²) in [6, 6.07) is 1.28. The number of alkyl carbamates (subject to hydrolysis) is 1. The van der Waals surface area contributed by atoms with Crippen LogP contribution in [0.3, 0.4) is 0 Å². The Bertz CT molecular complexity index is 2340. The fraction of sp³-hybridized carbons (Fsp3) is 0.643. The van der Waals surface area contributed by atoms with Gasteiger partial charge in [-0.15, -0.1) is 0 Å². The number of alkyl halides is 3. The minimum absolute atomic E-state index is 0.00421. The number of pyridine rings is 1. The molecule has 4 aliphatic heterocycles. The van der Waals surface area contributed by atoms with Crippen molar-refractivity contribution in [3.63, 3.8) is 0 Å². The molecule has 9 rings (SSSR count). The first-order valence-corrected chi connectivity index (χ1v) is 22.6. The molecular weight excluding hydrogens is 822 g/mol. The summed E-state index contributed by atoms with van der Waals surface area (Å²) in [5.41, 5.74) is -5.04. The maximum Gasteiger partial charge on any atom is 0.437 e. The van der Waals surface area contributed by atoms with Crippen LogP contribution in [0.2, 0.25) is 0 Å². The highest BCUT2D eigenvalue weighted by Crippen LogP contribution is 2.65. The second-order valence-electron chi connectivity index (χ2n) is 18.8. The summed E-state index contributed by atoms with van der Waals surface area (Å²) in [7, 11) is -2.42. The number of rotatable bonds is 5. The van der Waals surface area contributed by atoms with Crippen LogP contribution in [-0.2, 0) is 35.3 Å². The minimum atomic E-state index is -4.96. The fourth-order valence-electron chi connectivity index (χ4n) is 9.65. The van der Waals surface area contributed by atoms with Crippen LogP contribution in [0.5, 0.6) is 11.5 Å².